The zero-order valence-electron chi connectivity index (χ0n) is 12.8. The highest BCUT2D eigenvalue weighted by molar-refractivity contribution is 5.38. The number of piperidine rings is 1. The van der Waals surface area contributed by atoms with Crippen molar-refractivity contribution in [1.82, 2.24) is 15.5 Å². The Hall–Kier alpha value is -1.16. The summed E-state index contributed by atoms with van der Waals surface area (Å²) in [5.74, 6) is 2.95. The van der Waals surface area contributed by atoms with Crippen molar-refractivity contribution in [3.8, 4) is 0 Å². The number of nitrogens with one attached hydrogen (secondary N) is 1. The van der Waals surface area contributed by atoms with E-state index in [1.165, 1.54) is 51.5 Å². The minimum Gasteiger partial charge on any atom is -0.355 e. The van der Waals surface area contributed by atoms with Crippen LogP contribution in [0, 0.1) is 11.8 Å². The van der Waals surface area contributed by atoms with E-state index >= 15 is 0 Å². The molecule has 0 amide bonds. The molecule has 1 aromatic rings. The zero-order chi connectivity index (χ0) is 14.1. The Bertz CT molecular complexity index is 468. The molecule has 3 fully saturated rings. The van der Waals surface area contributed by atoms with Crippen LogP contribution in [0.25, 0.3) is 0 Å². The number of hydrogen-bond donors (Lipinski definition) is 1. The second-order valence-electron chi connectivity index (χ2n) is 7.08. The first-order chi connectivity index (χ1) is 10.4. The van der Waals surface area contributed by atoms with Gasteiger partial charge < -0.3 is 10.2 Å². The highest BCUT2D eigenvalue weighted by Gasteiger charge is 2.31. The van der Waals surface area contributed by atoms with Crippen molar-refractivity contribution in [2.75, 3.05) is 18.0 Å². The Kier molecular flexibility index (Phi) is 3.80. The molecule has 21 heavy (non-hydrogen) atoms. The van der Waals surface area contributed by atoms with Crippen molar-refractivity contribution in [1.29, 1.82) is 0 Å². The Balaban J connectivity index is 1.36. The SMILES string of the molecule is c1cc(N2CCC3CCCCC3C2)nnc1CNC1CC1. The molecule has 1 aliphatic heterocycles. The topological polar surface area (TPSA) is 41.1 Å². The van der Waals surface area contributed by atoms with Gasteiger partial charge in [0, 0.05) is 25.7 Å². The van der Waals surface area contributed by atoms with E-state index in [1.54, 1.807) is 0 Å². The molecule has 0 spiro atoms. The summed E-state index contributed by atoms with van der Waals surface area (Å²) in [5, 5.41) is 12.4. The van der Waals surface area contributed by atoms with E-state index in [2.05, 4.69) is 32.5 Å². The smallest absolute Gasteiger partial charge is 0.151 e. The largest absolute Gasteiger partial charge is 0.355 e. The fourth-order valence-electron chi connectivity index (χ4n) is 3.96. The molecule has 114 valence electrons. The Morgan fingerprint density at radius 2 is 1.86 bits per heavy atom. The molecular formula is C17H26N4. The van der Waals surface area contributed by atoms with E-state index < -0.39 is 0 Å². The third kappa shape index (κ3) is 3.20. The quantitative estimate of drug-likeness (QED) is 0.924. The van der Waals surface area contributed by atoms with E-state index in [1.807, 2.05) is 0 Å². The van der Waals surface area contributed by atoms with Gasteiger partial charge in [-0.1, -0.05) is 19.3 Å². The first-order valence-corrected chi connectivity index (χ1v) is 8.69. The average Bonchev–Trinajstić information content (AvgIpc) is 3.37. The van der Waals surface area contributed by atoms with Crippen molar-refractivity contribution >= 4 is 5.82 Å². The van der Waals surface area contributed by atoms with Gasteiger partial charge in [0.1, 0.15) is 0 Å². The molecule has 2 saturated carbocycles. The normalized spacial score (nSPS) is 29.2. The Labute approximate surface area is 127 Å². The maximum Gasteiger partial charge on any atom is 0.151 e. The van der Waals surface area contributed by atoms with E-state index in [0.717, 1.165) is 42.5 Å². The molecule has 2 heterocycles. The maximum absolute atomic E-state index is 4.47. The molecule has 1 saturated heterocycles. The van der Waals surface area contributed by atoms with Gasteiger partial charge in [-0.2, -0.15) is 5.10 Å². The van der Waals surface area contributed by atoms with Gasteiger partial charge in [-0.05, 0) is 49.7 Å². The summed E-state index contributed by atoms with van der Waals surface area (Å²) in [6.45, 7) is 3.22. The lowest BCUT2D eigenvalue weighted by Gasteiger charge is -2.41. The third-order valence-corrected chi connectivity index (χ3v) is 5.47. The summed E-state index contributed by atoms with van der Waals surface area (Å²) >= 11 is 0. The van der Waals surface area contributed by atoms with Crippen LogP contribution in [0.1, 0.15) is 50.6 Å². The van der Waals surface area contributed by atoms with Gasteiger partial charge in [-0.25, -0.2) is 0 Å². The molecule has 0 bridgehead atoms. The van der Waals surface area contributed by atoms with Crippen LogP contribution >= 0.6 is 0 Å². The average molecular weight is 286 g/mol. The highest BCUT2D eigenvalue weighted by atomic mass is 15.3. The summed E-state index contributed by atoms with van der Waals surface area (Å²) in [6, 6.07) is 5.04. The van der Waals surface area contributed by atoms with Crippen molar-refractivity contribution in [2.45, 2.75) is 57.5 Å². The number of aromatic nitrogens is 2. The molecule has 2 aliphatic carbocycles. The fraction of sp³-hybridized carbons (Fsp3) is 0.765. The minimum atomic E-state index is 0.733. The lowest BCUT2D eigenvalue weighted by atomic mass is 9.75. The maximum atomic E-state index is 4.47. The van der Waals surface area contributed by atoms with E-state index in [-0.39, 0.29) is 0 Å². The molecule has 3 aliphatic rings. The van der Waals surface area contributed by atoms with E-state index in [0.29, 0.717) is 0 Å². The zero-order valence-corrected chi connectivity index (χ0v) is 12.8. The molecule has 4 heteroatoms. The monoisotopic (exact) mass is 286 g/mol. The van der Waals surface area contributed by atoms with Crippen molar-refractivity contribution < 1.29 is 0 Å². The van der Waals surface area contributed by atoms with Gasteiger partial charge in [-0.15, -0.1) is 5.10 Å². The van der Waals surface area contributed by atoms with Crippen LogP contribution in [0.5, 0.6) is 0 Å². The van der Waals surface area contributed by atoms with Crippen molar-refractivity contribution in [2.24, 2.45) is 11.8 Å². The molecule has 1 N–H and O–H groups in total. The van der Waals surface area contributed by atoms with Gasteiger partial charge in [0.25, 0.3) is 0 Å². The number of nitrogens with zero attached hydrogens (tertiary/aromatic N) is 3. The first kappa shape index (κ1) is 13.5. The summed E-state index contributed by atoms with van der Waals surface area (Å²) in [4.78, 5) is 2.46. The lowest BCUT2D eigenvalue weighted by Crippen LogP contribution is -2.42. The number of fused-ring (bicyclic) bond motifs is 1. The highest BCUT2D eigenvalue weighted by Crippen LogP contribution is 2.37. The minimum absolute atomic E-state index is 0.733. The molecule has 2 atom stereocenters. The van der Waals surface area contributed by atoms with Gasteiger partial charge >= 0.3 is 0 Å². The van der Waals surface area contributed by atoms with Crippen LogP contribution in [0.15, 0.2) is 12.1 Å². The van der Waals surface area contributed by atoms with Crippen LogP contribution in [0.4, 0.5) is 5.82 Å². The van der Waals surface area contributed by atoms with E-state index in [4.69, 9.17) is 0 Å². The summed E-state index contributed by atoms with van der Waals surface area (Å²) < 4.78 is 0. The summed E-state index contributed by atoms with van der Waals surface area (Å²) in [5.41, 5.74) is 1.07. The van der Waals surface area contributed by atoms with Crippen LogP contribution in [0.3, 0.4) is 0 Å². The van der Waals surface area contributed by atoms with Crippen molar-refractivity contribution in [3.05, 3.63) is 17.8 Å². The van der Waals surface area contributed by atoms with Gasteiger partial charge in [0.15, 0.2) is 5.82 Å². The van der Waals surface area contributed by atoms with Crippen LogP contribution in [-0.4, -0.2) is 29.3 Å². The number of anilines is 1. The summed E-state index contributed by atoms with van der Waals surface area (Å²) in [7, 11) is 0. The molecule has 4 rings (SSSR count). The molecule has 2 unspecified atom stereocenters. The first-order valence-electron chi connectivity index (χ1n) is 8.69. The van der Waals surface area contributed by atoms with Crippen LogP contribution < -0.4 is 10.2 Å². The standard InChI is InChI=1S/C17H26N4/c1-2-4-14-12-21(10-9-13(14)3-1)17-8-7-16(19-20-17)11-18-15-5-6-15/h7-8,13-15,18H,1-6,9-12H2. The van der Waals surface area contributed by atoms with Crippen LogP contribution in [-0.2, 0) is 6.54 Å². The molecule has 1 aromatic heterocycles. The summed E-state index contributed by atoms with van der Waals surface area (Å²) in [6.07, 6.45) is 9.73. The Morgan fingerprint density at radius 3 is 2.62 bits per heavy atom. The second kappa shape index (κ2) is 5.91. The lowest BCUT2D eigenvalue weighted by molar-refractivity contribution is 0.202. The molecular weight excluding hydrogens is 260 g/mol. The Morgan fingerprint density at radius 1 is 1.00 bits per heavy atom. The predicted molar refractivity (Wildman–Crippen MR) is 84.2 cm³/mol. The van der Waals surface area contributed by atoms with Crippen LogP contribution in [0.2, 0.25) is 0 Å². The molecule has 0 aromatic carbocycles. The van der Waals surface area contributed by atoms with Crippen molar-refractivity contribution in [3.63, 3.8) is 0 Å². The molecule has 0 radical (unpaired) electrons. The number of hydrogen-bond acceptors (Lipinski definition) is 4. The third-order valence-electron chi connectivity index (χ3n) is 5.47. The second-order valence-corrected chi connectivity index (χ2v) is 7.08. The predicted octanol–water partition coefficient (Wildman–Crippen LogP) is 2.75. The molecule has 4 nitrogen and oxygen atoms in total. The van der Waals surface area contributed by atoms with Gasteiger partial charge in [-0.3, -0.25) is 0 Å². The fourth-order valence-corrected chi connectivity index (χ4v) is 3.96. The number of rotatable bonds is 4. The van der Waals surface area contributed by atoms with E-state index in [9.17, 15) is 0 Å². The van der Waals surface area contributed by atoms with Gasteiger partial charge in [0.05, 0.1) is 5.69 Å². The van der Waals surface area contributed by atoms with Gasteiger partial charge in [0.2, 0.25) is 0 Å².